The highest BCUT2D eigenvalue weighted by Gasteiger charge is 2.25. The van der Waals surface area contributed by atoms with Gasteiger partial charge in [0.05, 0.1) is 6.20 Å². The minimum atomic E-state index is 0.110. The molecule has 0 aliphatic carbocycles. The smallest absolute Gasteiger partial charge is 0.272 e. The van der Waals surface area contributed by atoms with Gasteiger partial charge in [-0.25, -0.2) is 0 Å². The number of nitrogens with zero attached hydrogens (tertiary/aromatic N) is 3. The van der Waals surface area contributed by atoms with Crippen molar-refractivity contribution in [3.8, 4) is 0 Å². The molecule has 98 valence electrons. The van der Waals surface area contributed by atoms with Gasteiger partial charge >= 0.3 is 0 Å². The molecule has 1 aliphatic heterocycles. The first kappa shape index (κ1) is 12.9. The van der Waals surface area contributed by atoms with Crippen molar-refractivity contribution >= 4 is 5.91 Å². The summed E-state index contributed by atoms with van der Waals surface area (Å²) in [7, 11) is 1.83. The van der Waals surface area contributed by atoms with Crippen molar-refractivity contribution in [1.82, 2.24) is 14.7 Å². The van der Waals surface area contributed by atoms with Crippen molar-refractivity contribution in [3.63, 3.8) is 0 Å². The zero-order chi connectivity index (χ0) is 13.1. The van der Waals surface area contributed by atoms with Crippen molar-refractivity contribution in [2.24, 2.45) is 13.0 Å². The molecular weight excluding hydrogens is 226 g/mol. The van der Waals surface area contributed by atoms with Crippen LogP contribution in [0.15, 0.2) is 18.9 Å². The second-order valence-electron chi connectivity index (χ2n) is 5.11. The first-order valence-electron chi connectivity index (χ1n) is 6.54. The van der Waals surface area contributed by atoms with E-state index in [0.717, 1.165) is 37.4 Å². The van der Waals surface area contributed by atoms with E-state index in [9.17, 15) is 4.79 Å². The van der Waals surface area contributed by atoms with Gasteiger partial charge in [-0.15, -0.1) is 6.58 Å². The van der Waals surface area contributed by atoms with E-state index in [0.29, 0.717) is 12.1 Å². The highest BCUT2D eigenvalue weighted by molar-refractivity contribution is 5.94. The van der Waals surface area contributed by atoms with Crippen LogP contribution in [0.25, 0.3) is 0 Å². The number of allylic oxidation sites excluding steroid dienone is 1. The van der Waals surface area contributed by atoms with Crippen LogP contribution in [-0.4, -0.2) is 33.7 Å². The molecular formula is C14H21N3O. The molecule has 18 heavy (non-hydrogen) atoms. The fourth-order valence-corrected chi connectivity index (χ4v) is 2.43. The number of carbonyl (C=O) groups excluding carboxylic acids is 1. The maximum absolute atomic E-state index is 12.5. The molecule has 0 aromatic carbocycles. The van der Waals surface area contributed by atoms with Crippen LogP contribution in [-0.2, 0) is 13.5 Å². The SMILES string of the molecule is C=CCc1cnn(C)c1C(=O)N1CCC(C)CC1. The molecule has 0 radical (unpaired) electrons. The number of aromatic nitrogens is 2. The van der Waals surface area contributed by atoms with Gasteiger partial charge in [0.2, 0.25) is 0 Å². The number of amides is 1. The molecule has 0 saturated carbocycles. The fraction of sp³-hybridized carbons (Fsp3) is 0.571. The molecule has 0 bridgehead atoms. The van der Waals surface area contributed by atoms with E-state index in [-0.39, 0.29) is 5.91 Å². The second kappa shape index (κ2) is 5.38. The number of likely N-dealkylation sites (tertiary alicyclic amines) is 1. The monoisotopic (exact) mass is 247 g/mol. The van der Waals surface area contributed by atoms with Crippen LogP contribution in [0.3, 0.4) is 0 Å². The summed E-state index contributed by atoms with van der Waals surface area (Å²) in [6.07, 6.45) is 6.47. The van der Waals surface area contributed by atoms with Gasteiger partial charge in [-0.05, 0) is 25.2 Å². The molecule has 0 atom stereocenters. The average Bonchev–Trinajstić information content (AvgIpc) is 2.71. The lowest BCUT2D eigenvalue weighted by molar-refractivity contribution is 0.0685. The normalized spacial score (nSPS) is 16.9. The molecule has 1 saturated heterocycles. The molecule has 1 aromatic rings. The van der Waals surface area contributed by atoms with Crippen LogP contribution < -0.4 is 0 Å². The zero-order valence-electron chi connectivity index (χ0n) is 11.2. The number of aryl methyl sites for hydroxylation is 1. The third-order valence-electron chi connectivity index (χ3n) is 3.65. The maximum atomic E-state index is 12.5. The Morgan fingerprint density at radius 1 is 1.56 bits per heavy atom. The van der Waals surface area contributed by atoms with Crippen LogP contribution in [0.1, 0.15) is 35.8 Å². The number of carbonyl (C=O) groups is 1. The Labute approximate surface area is 108 Å². The van der Waals surface area contributed by atoms with Crippen molar-refractivity contribution in [3.05, 3.63) is 30.1 Å². The number of rotatable bonds is 3. The lowest BCUT2D eigenvalue weighted by Crippen LogP contribution is -2.39. The van der Waals surface area contributed by atoms with Gasteiger partial charge in [-0.2, -0.15) is 5.10 Å². The van der Waals surface area contributed by atoms with Crippen LogP contribution in [0.2, 0.25) is 0 Å². The van der Waals surface area contributed by atoms with Gasteiger partial charge < -0.3 is 4.90 Å². The van der Waals surface area contributed by atoms with E-state index < -0.39 is 0 Å². The van der Waals surface area contributed by atoms with E-state index in [1.165, 1.54) is 0 Å². The summed E-state index contributed by atoms with van der Waals surface area (Å²) in [5, 5.41) is 4.19. The van der Waals surface area contributed by atoms with E-state index in [2.05, 4.69) is 18.6 Å². The first-order chi connectivity index (χ1) is 8.63. The van der Waals surface area contributed by atoms with Gasteiger partial charge in [-0.1, -0.05) is 13.0 Å². The van der Waals surface area contributed by atoms with Crippen LogP contribution >= 0.6 is 0 Å². The third kappa shape index (κ3) is 2.47. The molecule has 2 rings (SSSR count). The van der Waals surface area contributed by atoms with Crippen molar-refractivity contribution in [2.75, 3.05) is 13.1 Å². The number of hydrogen-bond acceptors (Lipinski definition) is 2. The lowest BCUT2D eigenvalue weighted by atomic mass is 9.99. The molecule has 1 fully saturated rings. The molecule has 1 aliphatic rings. The van der Waals surface area contributed by atoms with Gasteiger partial charge in [0, 0.05) is 25.7 Å². The quantitative estimate of drug-likeness (QED) is 0.766. The van der Waals surface area contributed by atoms with Crippen molar-refractivity contribution in [2.45, 2.75) is 26.2 Å². The predicted molar refractivity (Wildman–Crippen MR) is 71.4 cm³/mol. The Kier molecular flexibility index (Phi) is 3.84. The van der Waals surface area contributed by atoms with Crippen molar-refractivity contribution < 1.29 is 4.79 Å². The zero-order valence-corrected chi connectivity index (χ0v) is 11.2. The predicted octanol–water partition coefficient (Wildman–Crippen LogP) is 2.02. The summed E-state index contributed by atoms with van der Waals surface area (Å²) in [6, 6.07) is 0. The summed E-state index contributed by atoms with van der Waals surface area (Å²) >= 11 is 0. The summed E-state index contributed by atoms with van der Waals surface area (Å²) < 4.78 is 1.68. The minimum absolute atomic E-state index is 0.110. The van der Waals surface area contributed by atoms with Gasteiger partial charge in [0.15, 0.2) is 0 Å². The Bertz CT molecular complexity index is 442. The lowest BCUT2D eigenvalue weighted by Gasteiger charge is -2.30. The van der Waals surface area contributed by atoms with Crippen LogP contribution in [0.5, 0.6) is 0 Å². The molecule has 0 unspecified atom stereocenters. The van der Waals surface area contributed by atoms with E-state index in [1.807, 2.05) is 18.0 Å². The highest BCUT2D eigenvalue weighted by atomic mass is 16.2. The summed E-state index contributed by atoms with van der Waals surface area (Å²) in [6.45, 7) is 7.69. The molecule has 4 heteroatoms. The Morgan fingerprint density at radius 3 is 2.83 bits per heavy atom. The number of piperidine rings is 1. The average molecular weight is 247 g/mol. The Balaban J connectivity index is 2.17. The minimum Gasteiger partial charge on any atom is -0.337 e. The van der Waals surface area contributed by atoms with Gasteiger partial charge in [-0.3, -0.25) is 9.48 Å². The van der Waals surface area contributed by atoms with Crippen LogP contribution in [0, 0.1) is 5.92 Å². The summed E-state index contributed by atoms with van der Waals surface area (Å²) in [5.74, 6) is 0.840. The second-order valence-corrected chi connectivity index (χ2v) is 5.11. The first-order valence-corrected chi connectivity index (χ1v) is 6.54. The van der Waals surface area contributed by atoms with Crippen LogP contribution in [0.4, 0.5) is 0 Å². The highest BCUT2D eigenvalue weighted by Crippen LogP contribution is 2.19. The third-order valence-corrected chi connectivity index (χ3v) is 3.65. The topological polar surface area (TPSA) is 38.1 Å². The maximum Gasteiger partial charge on any atom is 0.272 e. The van der Waals surface area contributed by atoms with E-state index in [4.69, 9.17) is 0 Å². The molecule has 1 amide bonds. The Hall–Kier alpha value is -1.58. The standard InChI is InChI=1S/C14H21N3O/c1-4-5-12-10-15-16(3)13(12)14(18)17-8-6-11(2)7-9-17/h4,10-11H,1,5-9H2,2-3H3. The van der Waals surface area contributed by atoms with E-state index >= 15 is 0 Å². The molecule has 1 aromatic heterocycles. The van der Waals surface area contributed by atoms with Gasteiger partial charge in [0.25, 0.3) is 5.91 Å². The molecule has 2 heterocycles. The van der Waals surface area contributed by atoms with Crippen molar-refractivity contribution in [1.29, 1.82) is 0 Å². The summed E-state index contributed by atoms with van der Waals surface area (Å²) in [5.41, 5.74) is 1.68. The van der Waals surface area contributed by atoms with E-state index in [1.54, 1.807) is 10.9 Å². The molecule has 4 nitrogen and oxygen atoms in total. The molecule has 0 spiro atoms. The van der Waals surface area contributed by atoms with Gasteiger partial charge in [0.1, 0.15) is 5.69 Å². The largest absolute Gasteiger partial charge is 0.337 e. The summed E-state index contributed by atoms with van der Waals surface area (Å²) in [4.78, 5) is 14.5. The Morgan fingerprint density at radius 2 is 2.22 bits per heavy atom. The molecule has 0 N–H and O–H groups in total. The fourth-order valence-electron chi connectivity index (χ4n) is 2.43. The number of hydrogen-bond donors (Lipinski definition) is 0.